The molecule has 0 aliphatic carbocycles. The van der Waals surface area contributed by atoms with E-state index in [-0.39, 0.29) is 15.6 Å². The Kier molecular flexibility index (Phi) is 8.31. The smallest absolute Gasteiger partial charge is 0.516 e. The summed E-state index contributed by atoms with van der Waals surface area (Å²) in [6.45, 7) is 5.16. The highest BCUT2D eigenvalue weighted by Gasteiger charge is 2.32. The Labute approximate surface area is 160 Å². The van der Waals surface area contributed by atoms with Gasteiger partial charge < -0.3 is 9.84 Å². The second-order valence-corrected chi connectivity index (χ2v) is 6.34. The lowest BCUT2D eigenvalue weighted by molar-refractivity contribution is -0.274. The molecule has 0 amide bonds. The van der Waals surface area contributed by atoms with Crippen LogP contribution in [-0.4, -0.2) is 11.5 Å². The Bertz CT molecular complexity index is 761. The molecule has 0 aliphatic rings. The van der Waals surface area contributed by atoms with Gasteiger partial charge in [-0.05, 0) is 50.5 Å². The summed E-state index contributed by atoms with van der Waals surface area (Å²) in [5.41, 5.74) is 2.50. The summed E-state index contributed by atoms with van der Waals surface area (Å²) in [6.07, 6.45) is 5.41. The van der Waals surface area contributed by atoms with Crippen molar-refractivity contribution in [3.63, 3.8) is 0 Å². The molecule has 0 aromatic heterocycles. The summed E-state index contributed by atoms with van der Waals surface area (Å²) in [4.78, 5) is 0. The van der Waals surface area contributed by atoms with Gasteiger partial charge in [0.25, 0.3) is 0 Å². The van der Waals surface area contributed by atoms with Crippen LogP contribution < -0.4 is 4.74 Å². The quantitative estimate of drug-likeness (QED) is 0.397. The van der Waals surface area contributed by atoms with E-state index in [9.17, 15) is 13.2 Å². The minimum Gasteiger partial charge on any atom is -0.516 e. The van der Waals surface area contributed by atoms with Crippen LogP contribution in [-0.2, 0) is 6.42 Å². The maximum Gasteiger partial charge on any atom is 0.573 e. The average Bonchev–Trinajstić information content (AvgIpc) is 2.51. The molecule has 0 bridgehead atoms. The van der Waals surface area contributed by atoms with E-state index in [1.54, 1.807) is 6.08 Å². The number of hydrogen-bond donors (Lipinski definition) is 1. The molecule has 0 aliphatic heterocycles. The Balaban J connectivity index is 2.98. The first-order chi connectivity index (χ1) is 12.0. The molecular formula is C19H19Cl2F3O2. The van der Waals surface area contributed by atoms with E-state index in [0.29, 0.717) is 12.0 Å². The Morgan fingerprint density at radius 1 is 1.19 bits per heavy atom. The highest BCUT2D eigenvalue weighted by molar-refractivity contribution is 6.36. The molecule has 2 nitrogen and oxygen atoms in total. The third-order valence-corrected chi connectivity index (χ3v) is 4.27. The molecule has 0 unspecified atom stereocenters. The fraction of sp³-hybridized carbons (Fsp3) is 0.263. The predicted molar refractivity (Wildman–Crippen MR) is 100 cm³/mol. The van der Waals surface area contributed by atoms with Gasteiger partial charge in [-0.1, -0.05) is 53.1 Å². The van der Waals surface area contributed by atoms with Crippen molar-refractivity contribution in [2.45, 2.75) is 33.6 Å². The first kappa shape index (κ1) is 22.2. The zero-order chi connectivity index (χ0) is 19.9. The van der Waals surface area contributed by atoms with E-state index in [0.717, 1.165) is 23.5 Å². The minimum atomic E-state index is -4.81. The maximum atomic E-state index is 12.4. The molecule has 0 radical (unpaired) electrons. The number of allylic oxidation sites excluding steroid dienone is 7. The maximum absolute atomic E-state index is 12.4. The van der Waals surface area contributed by atoms with E-state index in [2.05, 4.69) is 4.74 Å². The zero-order valence-corrected chi connectivity index (χ0v) is 16.0. The summed E-state index contributed by atoms with van der Waals surface area (Å²) in [5.74, 6) is -0.408. The van der Waals surface area contributed by atoms with Crippen molar-refractivity contribution in [2.24, 2.45) is 0 Å². The van der Waals surface area contributed by atoms with Crippen LogP contribution in [0.1, 0.15) is 25.0 Å². The Morgan fingerprint density at radius 3 is 2.42 bits per heavy atom. The molecule has 1 rings (SSSR count). The number of hydrogen-bond acceptors (Lipinski definition) is 2. The average molecular weight is 407 g/mol. The summed E-state index contributed by atoms with van der Waals surface area (Å²) in [7, 11) is 0. The van der Waals surface area contributed by atoms with Gasteiger partial charge in [-0.3, -0.25) is 0 Å². The first-order valence-electron chi connectivity index (χ1n) is 7.61. The molecule has 1 N–H and O–H groups in total. The zero-order valence-electron chi connectivity index (χ0n) is 14.5. The van der Waals surface area contributed by atoms with E-state index >= 15 is 0 Å². The van der Waals surface area contributed by atoms with Gasteiger partial charge in [-0.25, -0.2) is 0 Å². The number of halogens is 5. The van der Waals surface area contributed by atoms with Crippen molar-refractivity contribution in [1.29, 1.82) is 0 Å². The highest BCUT2D eigenvalue weighted by Crippen LogP contribution is 2.37. The lowest BCUT2D eigenvalue weighted by atomic mass is 10.1. The molecule has 1 aromatic carbocycles. The SMILES string of the molecule is CC(/C=C/O)=C\C=C\C(C)=C\Cc1c(Cl)cc(OC(F)(F)F)c(C)c1Cl. The predicted octanol–water partition coefficient (Wildman–Crippen LogP) is 7.26. The van der Waals surface area contributed by atoms with Crippen molar-refractivity contribution >= 4 is 23.2 Å². The number of aliphatic hydroxyl groups excluding tert-OH is 1. The number of ether oxygens (including phenoxy) is 1. The molecule has 0 saturated carbocycles. The number of alkyl halides is 3. The Morgan fingerprint density at radius 2 is 1.85 bits per heavy atom. The standard InChI is InChI=1S/C19H19Cl2F3O2/c1-12(5-4-6-13(2)9-10-25)7-8-15-16(20)11-17(14(3)18(15)21)26-19(22,23)24/h4-7,9-11,25H,8H2,1-3H3/b5-4+,10-9+,12-7+,13-6+. The van der Waals surface area contributed by atoms with E-state index in [1.165, 1.54) is 6.92 Å². The van der Waals surface area contributed by atoms with Gasteiger partial charge in [-0.2, -0.15) is 0 Å². The molecule has 0 atom stereocenters. The van der Waals surface area contributed by atoms with Gasteiger partial charge in [0, 0.05) is 10.6 Å². The van der Waals surface area contributed by atoms with Crippen LogP contribution in [0.15, 0.2) is 53.9 Å². The van der Waals surface area contributed by atoms with Crippen LogP contribution in [0, 0.1) is 6.92 Å². The van der Waals surface area contributed by atoms with Crippen LogP contribution in [0.2, 0.25) is 10.0 Å². The van der Waals surface area contributed by atoms with Gasteiger partial charge in [0.05, 0.1) is 11.3 Å². The molecule has 7 heteroatoms. The summed E-state index contributed by atoms with van der Waals surface area (Å²) in [5, 5.41) is 8.91. The fourth-order valence-corrected chi connectivity index (χ4v) is 2.61. The largest absolute Gasteiger partial charge is 0.573 e. The van der Waals surface area contributed by atoms with Crippen molar-refractivity contribution in [3.05, 3.63) is 75.0 Å². The third kappa shape index (κ3) is 7.18. The van der Waals surface area contributed by atoms with E-state index in [1.807, 2.05) is 38.2 Å². The van der Waals surface area contributed by atoms with Crippen molar-refractivity contribution in [1.82, 2.24) is 0 Å². The molecule has 0 fully saturated rings. The van der Waals surface area contributed by atoms with Crippen molar-refractivity contribution in [3.8, 4) is 5.75 Å². The Hall–Kier alpha value is -1.85. The number of rotatable bonds is 6. The fourth-order valence-electron chi connectivity index (χ4n) is 2.02. The second kappa shape index (κ2) is 9.74. The van der Waals surface area contributed by atoms with Crippen LogP contribution in [0.25, 0.3) is 0 Å². The molecular weight excluding hydrogens is 388 g/mol. The normalized spacial score (nSPS) is 13.8. The van der Waals surface area contributed by atoms with Gasteiger partial charge in [0.15, 0.2) is 0 Å². The lowest BCUT2D eigenvalue weighted by Gasteiger charge is -2.15. The molecule has 1 aromatic rings. The topological polar surface area (TPSA) is 29.5 Å². The summed E-state index contributed by atoms with van der Waals surface area (Å²) < 4.78 is 41.2. The van der Waals surface area contributed by atoms with Gasteiger partial charge >= 0.3 is 6.36 Å². The third-order valence-electron chi connectivity index (χ3n) is 3.42. The molecule has 0 heterocycles. The molecule has 0 saturated heterocycles. The van der Waals surface area contributed by atoms with Gasteiger partial charge in [0.1, 0.15) is 5.75 Å². The number of aliphatic hydroxyl groups is 1. The number of benzene rings is 1. The molecule has 26 heavy (non-hydrogen) atoms. The van der Waals surface area contributed by atoms with Crippen LogP contribution in [0.4, 0.5) is 13.2 Å². The van der Waals surface area contributed by atoms with Gasteiger partial charge in [0.2, 0.25) is 0 Å². The molecule has 0 spiro atoms. The van der Waals surface area contributed by atoms with E-state index < -0.39 is 12.1 Å². The van der Waals surface area contributed by atoms with Crippen molar-refractivity contribution in [2.75, 3.05) is 0 Å². The summed E-state index contributed by atoms with van der Waals surface area (Å²) in [6, 6.07) is 1.12. The lowest BCUT2D eigenvalue weighted by Crippen LogP contribution is -2.18. The minimum absolute atomic E-state index is 0.108. The highest BCUT2D eigenvalue weighted by atomic mass is 35.5. The van der Waals surface area contributed by atoms with Crippen LogP contribution in [0.3, 0.4) is 0 Å². The van der Waals surface area contributed by atoms with Crippen LogP contribution in [0.5, 0.6) is 5.75 Å². The second-order valence-electron chi connectivity index (χ2n) is 5.56. The van der Waals surface area contributed by atoms with E-state index in [4.69, 9.17) is 28.3 Å². The molecule has 142 valence electrons. The van der Waals surface area contributed by atoms with Crippen molar-refractivity contribution < 1.29 is 23.0 Å². The first-order valence-corrected chi connectivity index (χ1v) is 8.36. The van der Waals surface area contributed by atoms with Gasteiger partial charge in [-0.15, -0.1) is 13.2 Å². The summed E-state index contributed by atoms with van der Waals surface area (Å²) >= 11 is 12.3. The van der Waals surface area contributed by atoms with Crippen LogP contribution >= 0.6 is 23.2 Å². The monoisotopic (exact) mass is 406 g/mol.